The summed E-state index contributed by atoms with van der Waals surface area (Å²) < 4.78 is 1.82. The Hall–Kier alpha value is -0.870. The summed E-state index contributed by atoms with van der Waals surface area (Å²) in [6.45, 7) is 4.36. The molecule has 14 heavy (non-hydrogen) atoms. The molecular weight excluding hydrogens is 178 g/mol. The third-order valence-electron chi connectivity index (χ3n) is 2.22. The molecular formula is C10H19N3O. The molecule has 0 saturated heterocycles. The van der Waals surface area contributed by atoms with E-state index < -0.39 is 5.60 Å². The van der Waals surface area contributed by atoms with E-state index in [2.05, 4.69) is 10.4 Å². The quantitative estimate of drug-likeness (QED) is 0.727. The van der Waals surface area contributed by atoms with Crippen LogP contribution in [0.4, 0.5) is 0 Å². The number of nitrogens with zero attached hydrogens (tertiary/aromatic N) is 2. The molecule has 0 aliphatic carbocycles. The van der Waals surface area contributed by atoms with Crippen LogP contribution in [0.1, 0.15) is 18.3 Å². The van der Waals surface area contributed by atoms with Crippen molar-refractivity contribution in [3.8, 4) is 0 Å². The van der Waals surface area contributed by atoms with Crippen LogP contribution in [0.3, 0.4) is 0 Å². The number of aliphatic hydroxyl groups is 1. The van der Waals surface area contributed by atoms with Crippen molar-refractivity contribution >= 4 is 0 Å². The minimum atomic E-state index is -0.713. The van der Waals surface area contributed by atoms with Gasteiger partial charge in [0.25, 0.3) is 0 Å². The van der Waals surface area contributed by atoms with Crippen LogP contribution >= 0.6 is 0 Å². The fourth-order valence-corrected chi connectivity index (χ4v) is 1.66. The second-order valence-electron chi connectivity index (χ2n) is 4.10. The Morgan fingerprint density at radius 1 is 1.64 bits per heavy atom. The molecule has 0 aliphatic rings. The van der Waals surface area contributed by atoms with Gasteiger partial charge >= 0.3 is 0 Å². The molecule has 80 valence electrons. The molecule has 0 radical (unpaired) electrons. The zero-order valence-electron chi connectivity index (χ0n) is 9.33. The molecule has 1 aromatic rings. The first-order chi connectivity index (χ1) is 6.44. The lowest BCUT2D eigenvalue weighted by atomic mass is 10.00. The monoisotopic (exact) mass is 197 g/mol. The Morgan fingerprint density at radius 3 is 2.71 bits per heavy atom. The lowest BCUT2D eigenvalue weighted by molar-refractivity contribution is 0.0603. The average molecular weight is 197 g/mol. The van der Waals surface area contributed by atoms with Crippen molar-refractivity contribution in [2.75, 3.05) is 13.6 Å². The van der Waals surface area contributed by atoms with Crippen molar-refractivity contribution in [2.24, 2.45) is 7.05 Å². The van der Waals surface area contributed by atoms with Crippen LogP contribution in [0.15, 0.2) is 6.07 Å². The number of aromatic nitrogens is 2. The van der Waals surface area contributed by atoms with Gasteiger partial charge in [0.2, 0.25) is 0 Å². The van der Waals surface area contributed by atoms with Gasteiger partial charge in [-0.1, -0.05) is 0 Å². The van der Waals surface area contributed by atoms with Gasteiger partial charge in [-0.05, 0) is 27.0 Å². The van der Waals surface area contributed by atoms with Gasteiger partial charge in [-0.3, -0.25) is 4.68 Å². The predicted octanol–water partition coefficient (Wildman–Crippen LogP) is 0.241. The molecule has 0 spiro atoms. The van der Waals surface area contributed by atoms with Crippen LogP contribution < -0.4 is 5.32 Å². The summed E-state index contributed by atoms with van der Waals surface area (Å²) in [5, 5.41) is 17.2. The number of likely N-dealkylation sites (N-methyl/N-ethyl adjacent to an activating group) is 1. The van der Waals surface area contributed by atoms with Crippen molar-refractivity contribution in [3.63, 3.8) is 0 Å². The van der Waals surface area contributed by atoms with E-state index in [4.69, 9.17) is 0 Å². The third-order valence-corrected chi connectivity index (χ3v) is 2.22. The fourth-order valence-electron chi connectivity index (χ4n) is 1.66. The van der Waals surface area contributed by atoms with E-state index in [0.29, 0.717) is 13.0 Å². The lowest BCUT2D eigenvalue weighted by Crippen LogP contribution is -2.38. The first kappa shape index (κ1) is 11.2. The minimum Gasteiger partial charge on any atom is -0.388 e. The topological polar surface area (TPSA) is 50.1 Å². The fraction of sp³-hybridized carbons (Fsp3) is 0.700. The van der Waals surface area contributed by atoms with Crippen LogP contribution in [-0.2, 0) is 13.5 Å². The second kappa shape index (κ2) is 4.11. The smallest absolute Gasteiger partial charge is 0.0798 e. The van der Waals surface area contributed by atoms with Crippen LogP contribution in [0.5, 0.6) is 0 Å². The highest BCUT2D eigenvalue weighted by Gasteiger charge is 2.21. The standard InChI is InChI=1S/C10H19N3O/c1-8-5-9(13(4)12-8)6-10(2,14)7-11-3/h5,11,14H,6-7H2,1-4H3. The summed E-state index contributed by atoms with van der Waals surface area (Å²) in [4.78, 5) is 0. The van der Waals surface area contributed by atoms with Crippen LogP contribution in [0.2, 0.25) is 0 Å². The van der Waals surface area contributed by atoms with Gasteiger partial charge in [0.05, 0.1) is 11.3 Å². The summed E-state index contributed by atoms with van der Waals surface area (Å²) in [6.07, 6.45) is 0.616. The molecule has 0 saturated carbocycles. The summed E-state index contributed by atoms with van der Waals surface area (Å²) in [5.74, 6) is 0. The first-order valence-electron chi connectivity index (χ1n) is 4.81. The molecule has 0 aliphatic heterocycles. The summed E-state index contributed by atoms with van der Waals surface area (Å²) in [6, 6.07) is 2.00. The third kappa shape index (κ3) is 2.82. The van der Waals surface area contributed by atoms with E-state index >= 15 is 0 Å². The maximum absolute atomic E-state index is 10.00. The molecule has 1 unspecified atom stereocenters. The Balaban J connectivity index is 2.72. The van der Waals surface area contributed by atoms with Crippen LogP contribution in [-0.4, -0.2) is 34.1 Å². The van der Waals surface area contributed by atoms with Gasteiger partial charge in [0.15, 0.2) is 0 Å². The highest BCUT2D eigenvalue weighted by molar-refractivity contribution is 5.11. The van der Waals surface area contributed by atoms with Crippen molar-refractivity contribution < 1.29 is 5.11 Å². The van der Waals surface area contributed by atoms with Crippen LogP contribution in [0, 0.1) is 6.92 Å². The Bertz CT molecular complexity index is 304. The van der Waals surface area contributed by atoms with Crippen molar-refractivity contribution in [2.45, 2.75) is 25.9 Å². The SMILES string of the molecule is CNCC(C)(O)Cc1cc(C)nn1C. The highest BCUT2D eigenvalue weighted by atomic mass is 16.3. The Labute approximate surface area is 84.9 Å². The maximum Gasteiger partial charge on any atom is 0.0798 e. The molecule has 0 aromatic carbocycles. The molecule has 0 bridgehead atoms. The van der Waals surface area contributed by atoms with Crippen molar-refractivity contribution in [3.05, 3.63) is 17.5 Å². The molecule has 2 N–H and O–H groups in total. The molecule has 0 fully saturated rings. The lowest BCUT2D eigenvalue weighted by Gasteiger charge is -2.22. The first-order valence-corrected chi connectivity index (χ1v) is 4.81. The predicted molar refractivity (Wildman–Crippen MR) is 56.2 cm³/mol. The van der Waals surface area contributed by atoms with Crippen LogP contribution in [0.25, 0.3) is 0 Å². The Kier molecular flexibility index (Phi) is 3.29. The van der Waals surface area contributed by atoms with E-state index in [9.17, 15) is 5.11 Å². The van der Waals surface area contributed by atoms with Gasteiger partial charge in [-0.2, -0.15) is 5.10 Å². The van der Waals surface area contributed by atoms with Gasteiger partial charge in [-0.25, -0.2) is 0 Å². The molecule has 1 rings (SSSR count). The number of nitrogens with one attached hydrogen (secondary N) is 1. The van der Waals surface area contributed by atoms with Crippen molar-refractivity contribution in [1.82, 2.24) is 15.1 Å². The second-order valence-corrected chi connectivity index (χ2v) is 4.10. The van der Waals surface area contributed by atoms with Gasteiger partial charge < -0.3 is 10.4 Å². The van der Waals surface area contributed by atoms with Gasteiger partial charge in [0.1, 0.15) is 0 Å². The average Bonchev–Trinajstić information content (AvgIpc) is 2.28. The minimum absolute atomic E-state index is 0.581. The van der Waals surface area contributed by atoms with E-state index in [-0.39, 0.29) is 0 Å². The maximum atomic E-state index is 10.00. The van der Waals surface area contributed by atoms with Gasteiger partial charge in [0, 0.05) is 25.7 Å². The molecule has 4 nitrogen and oxygen atoms in total. The normalized spacial score (nSPS) is 15.5. The van der Waals surface area contributed by atoms with E-state index in [1.165, 1.54) is 0 Å². The van der Waals surface area contributed by atoms with Gasteiger partial charge in [-0.15, -0.1) is 0 Å². The molecule has 4 heteroatoms. The zero-order valence-corrected chi connectivity index (χ0v) is 9.33. The van der Waals surface area contributed by atoms with E-state index in [1.807, 2.05) is 38.7 Å². The number of rotatable bonds is 4. The highest BCUT2D eigenvalue weighted by Crippen LogP contribution is 2.12. The molecule has 1 aromatic heterocycles. The largest absolute Gasteiger partial charge is 0.388 e. The summed E-state index contributed by atoms with van der Waals surface area (Å²) in [7, 11) is 3.74. The molecule has 1 heterocycles. The van der Waals surface area contributed by atoms with E-state index in [1.54, 1.807) is 0 Å². The Morgan fingerprint density at radius 2 is 2.29 bits per heavy atom. The molecule has 1 atom stereocenters. The molecule has 0 amide bonds. The number of aryl methyl sites for hydroxylation is 2. The summed E-state index contributed by atoms with van der Waals surface area (Å²) >= 11 is 0. The summed E-state index contributed by atoms with van der Waals surface area (Å²) in [5.41, 5.74) is 1.33. The van der Waals surface area contributed by atoms with Crippen molar-refractivity contribution in [1.29, 1.82) is 0 Å². The zero-order chi connectivity index (χ0) is 10.8. The number of hydrogen-bond acceptors (Lipinski definition) is 3. The number of hydrogen-bond donors (Lipinski definition) is 2. The van der Waals surface area contributed by atoms with E-state index in [0.717, 1.165) is 11.4 Å².